The van der Waals surface area contributed by atoms with Gasteiger partial charge in [0.2, 0.25) is 0 Å². The number of rotatable bonds is 7. The summed E-state index contributed by atoms with van der Waals surface area (Å²) in [5.41, 5.74) is 2.92. The van der Waals surface area contributed by atoms with Crippen LogP contribution in [0.25, 0.3) is 0 Å². The first kappa shape index (κ1) is 14.2. The van der Waals surface area contributed by atoms with Gasteiger partial charge in [-0.05, 0) is 19.0 Å². The molecule has 0 aliphatic carbocycles. The fourth-order valence-corrected chi connectivity index (χ4v) is 1.86. The van der Waals surface area contributed by atoms with Crippen molar-refractivity contribution in [2.75, 3.05) is 26.2 Å². The van der Waals surface area contributed by atoms with Crippen molar-refractivity contribution in [3.63, 3.8) is 0 Å². The van der Waals surface area contributed by atoms with Crippen LogP contribution in [-0.2, 0) is 5.41 Å². The van der Waals surface area contributed by atoms with Gasteiger partial charge in [-0.2, -0.15) is 0 Å². The summed E-state index contributed by atoms with van der Waals surface area (Å²) in [6.07, 6.45) is 0. The first-order valence-electron chi connectivity index (χ1n) is 6.55. The van der Waals surface area contributed by atoms with Crippen molar-refractivity contribution in [2.45, 2.75) is 33.1 Å². The van der Waals surface area contributed by atoms with Crippen molar-refractivity contribution in [2.24, 2.45) is 0 Å². The van der Waals surface area contributed by atoms with E-state index in [9.17, 15) is 0 Å². The summed E-state index contributed by atoms with van der Waals surface area (Å²) >= 11 is 0. The molecule has 2 N–H and O–H groups in total. The monoisotopic (exact) mass is 234 g/mol. The molecule has 0 spiro atoms. The number of likely N-dealkylation sites (N-methyl/N-ethyl adjacent to an activating group) is 1. The van der Waals surface area contributed by atoms with E-state index in [1.54, 1.807) is 0 Å². The fourth-order valence-electron chi connectivity index (χ4n) is 1.86. The Morgan fingerprint density at radius 3 is 2.18 bits per heavy atom. The van der Waals surface area contributed by atoms with Crippen molar-refractivity contribution in [3.05, 3.63) is 35.4 Å². The third-order valence-electron chi connectivity index (χ3n) is 3.13. The van der Waals surface area contributed by atoms with Crippen molar-refractivity contribution >= 4 is 0 Å². The summed E-state index contributed by atoms with van der Waals surface area (Å²) in [4.78, 5) is 0. The Labute approximate surface area is 106 Å². The highest BCUT2D eigenvalue weighted by Crippen LogP contribution is 2.22. The zero-order chi connectivity index (χ0) is 12.7. The lowest BCUT2D eigenvalue weighted by atomic mass is 9.84. The van der Waals surface area contributed by atoms with Gasteiger partial charge in [0.1, 0.15) is 0 Å². The van der Waals surface area contributed by atoms with Gasteiger partial charge in [-0.1, -0.05) is 50.6 Å². The van der Waals surface area contributed by atoms with Gasteiger partial charge in [0.05, 0.1) is 0 Å². The summed E-state index contributed by atoms with van der Waals surface area (Å²) < 4.78 is 0. The first-order valence-corrected chi connectivity index (χ1v) is 6.55. The molecule has 0 saturated heterocycles. The maximum absolute atomic E-state index is 3.51. The van der Waals surface area contributed by atoms with Crippen LogP contribution in [0.5, 0.6) is 0 Å². The van der Waals surface area contributed by atoms with Gasteiger partial charge in [0, 0.05) is 25.0 Å². The second-order valence-corrected chi connectivity index (χ2v) is 5.28. The third kappa shape index (κ3) is 4.88. The molecule has 17 heavy (non-hydrogen) atoms. The molecular formula is C15H26N2. The van der Waals surface area contributed by atoms with Crippen molar-refractivity contribution in [3.8, 4) is 0 Å². The van der Waals surface area contributed by atoms with Gasteiger partial charge in [-0.25, -0.2) is 0 Å². The lowest BCUT2D eigenvalue weighted by molar-refractivity contribution is 0.466. The summed E-state index contributed by atoms with van der Waals surface area (Å²) in [6.45, 7) is 13.0. The predicted octanol–water partition coefficient (Wildman–Crippen LogP) is 2.47. The molecule has 2 nitrogen and oxygen atoms in total. The van der Waals surface area contributed by atoms with Crippen LogP contribution < -0.4 is 10.6 Å². The minimum absolute atomic E-state index is 0.194. The van der Waals surface area contributed by atoms with Gasteiger partial charge >= 0.3 is 0 Å². The minimum atomic E-state index is 0.194. The highest BCUT2D eigenvalue weighted by Gasteiger charge is 2.19. The molecular weight excluding hydrogens is 208 g/mol. The van der Waals surface area contributed by atoms with Crippen LogP contribution in [0.2, 0.25) is 0 Å². The van der Waals surface area contributed by atoms with E-state index in [0.29, 0.717) is 0 Å². The van der Waals surface area contributed by atoms with E-state index < -0.39 is 0 Å². The Balaban J connectivity index is 2.42. The molecule has 0 aromatic heterocycles. The van der Waals surface area contributed by atoms with Crippen LogP contribution in [0.3, 0.4) is 0 Å². The van der Waals surface area contributed by atoms with E-state index in [-0.39, 0.29) is 5.41 Å². The van der Waals surface area contributed by atoms with E-state index in [0.717, 1.165) is 26.2 Å². The predicted molar refractivity (Wildman–Crippen MR) is 75.6 cm³/mol. The van der Waals surface area contributed by atoms with Crippen LogP contribution in [0.1, 0.15) is 31.9 Å². The van der Waals surface area contributed by atoms with Gasteiger partial charge in [0.15, 0.2) is 0 Å². The van der Waals surface area contributed by atoms with E-state index >= 15 is 0 Å². The molecule has 0 unspecified atom stereocenters. The Morgan fingerprint density at radius 1 is 1.00 bits per heavy atom. The number of hydrogen-bond acceptors (Lipinski definition) is 2. The number of nitrogens with one attached hydrogen (secondary N) is 2. The Kier molecular flexibility index (Phi) is 5.66. The zero-order valence-corrected chi connectivity index (χ0v) is 11.6. The molecule has 0 saturated carbocycles. The highest BCUT2D eigenvalue weighted by atomic mass is 14.9. The number of aryl methyl sites for hydroxylation is 1. The SMILES string of the molecule is CCNCCNCC(C)(C)c1ccc(C)cc1. The Morgan fingerprint density at radius 2 is 1.59 bits per heavy atom. The fraction of sp³-hybridized carbons (Fsp3) is 0.600. The zero-order valence-electron chi connectivity index (χ0n) is 11.6. The minimum Gasteiger partial charge on any atom is -0.316 e. The van der Waals surface area contributed by atoms with E-state index in [2.05, 4.69) is 62.6 Å². The number of benzene rings is 1. The Hall–Kier alpha value is -0.860. The molecule has 1 aromatic carbocycles. The second kappa shape index (κ2) is 6.77. The van der Waals surface area contributed by atoms with Crippen LogP contribution in [-0.4, -0.2) is 26.2 Å². The molecule has 2 heteroatoms. The molecule has 0 aliphatic heterocycles. The lowest BCUT2D eigenvalue weighted by Crippen LogP contribution is -2.36. The molecule has 0 bridgehead atoms. The summed E-state index contributed by atoms with van der Waals surface area (Å²) in [5.74, 6) is 0. The molecule has 1 rings (SSSR count). The molecule has 0 radical (unpaired) electrons. The van der Waals surface area contributed by atoms with Crippen LogP contribution in [0, 0.1) is 6.92 Å². The average molecular weight is 234 g/mol. The molecule has 96 valence electrons. The molecule has 0 heterocycles. The highest BCUT2D eigenvalue weighted by molar-refractivity contribution is 5.27. The van der Waals surface area contributed by atoms with Gasteiger partial charge in [0.25, 0.3) is 0 Å². The van der Waals surface area contributed by atoms with Crippen LogP contribution in [0.15, 0.2) is 24.3 Å². The topological polar surface area (TPSA) is 24.1 Å². The van der Waals surface area contributed by atoms with Crippen LogP contribution in [0.4, 0.5) is 0 Å². The Bertz CT molecular complexity index is 314. The van der Waals surface area contributed by atoms with E-state index in [1.165, 1.54) is 11.1 Å². The van der Waals surface area contributed by atoms with E-state index in [1.807, 2.05) is 0 Å². The largest absolute Gasteiger partial charge is 0.316 e. The van der Waals surface area contributed by atoms with Crippen molar-refractivity contribution < 1.29 is 0 Å². The molecule has 0 fully saturated rings. The summed E-state index contributed by atoms with van der Waals surface area (Å²) in [6, 6.07) is 8.86. The third-order valence-corrected chi connectivity index (χ3v) is 3.13. The molecule has 0 atom stereocenters. The first-order chi connectivity index (χ1) is 8.06. The van der Waals surface area contributed by atoms with E-state index in [4.69, 9.17) is 0 Å². The van der Waals surface area contributed by atoms with Gasteiger partial charge < -0.3 is 10.6 Å². The maximum atomic E-state index is 3.51. The standard InChI is InChI=1S/C15H26N2/c1-5-16-10-11-17-12-15(3,4)14-8-6-13(2)7-9-14/h6-9,16-17H,5,10-12H2,1-4H3. The van der Waals surface area contributed by atoms with Gasteiger partial charge in [-0.15, -0.1) is 0 Å². The average Bonchev–Trinajstić information content (AvgIpc) is 2.29. The smallest absolute Gasteiger partial charge is 0.00770 e. The summed E-state index contributed by atoms with van der Waals surface area (Å²) in [7, 11) is 0. The molecule has 0 aliphatic rings. The quantitative estimate of drug-likeness (QED) is 0.708. The lowest BCUT2D eigenvalue weighted by Gasteiger charge is -2.26. The second-order valence-electron chi connectivity index (χ2n) is 5.28. The van der Waals surface area contributed by atoms with Crippen molar-refractivity contribution in [1.29, 1.82) is 0 Å². The summed E-state index contributed by atoms with van der Waals surface area (Å²) in [5, 5.41) is 6.83. The van der Waals surface area contributed by atoms with Gasteiger partial charge in [-0.3, -0.25) is 0 Å². The van der Waals surface area contributed by atoms with Crippen molar-refractivity contribution in [1.82, 2.24) is 10.6 Å². The van der Waals surface area contributed by atoms with Crippen LogP contribution >= 0.6 is 0 Å². The normalized spacial score (nSPS) is 11.8. The molecule has 0 amide bonds. The maximum Gasteiger partial charge on any atom is 0.00770 e. The number of hydrogen-bond donors (Lipinski definition) is 2. The molecule has 1 aromatic rings.